The molecule has 0 aliphatic carbocycles. The van der Waals surface area contributed by atoms with E-state index in [4.69, 9.17) is 5.11 Å². The second-order valence-corrected chi connectivity index (χ2v) is 11.0. The van der Waals surface area contributed by atoms with E-state index in [1.165, 1.54) is 44.9 Å². The van der Waals surface area contributed by atoms with Crippen LogP contribution in [0.3, 0.4) is 0 Å². The summed E-state index contributed by atoms with van der Waals surface area (Å²) in [6.45, 7) is 2.16. The van der Waals surface area contributed by atoms with Gasteiger partial charge in [-0.1, -0.05) is 167 Å². The first-order chi connectivity index (χ1) is 21.8. The maximum absolute atomic E-state index is 10.5. The average molecular weight is 601 g/mol. The fourth-order valence-corrected chi connectivity index (χ4v) is 4.32. The van der Waals surface area contributed by atoms with Gasteiger partial charge in [-0.05, 0) is 83.5 Å². The highest BCUT2D eigenvalue weighted by Gasteiger charge is 1.96. The van der Waals surface area contributed by atoms with Crippen LogP contribution in [0, 0.1) is 0 Å². The number of carboxylic acids is 1. The second-order valence-electron chi connectivity index (χ2n) is 11.0. The Morgan fingerprint density at radius 3 is 0.909 bits per heavy atom. The van der Waals surface area contributed by atoms with Gasteiger partial charge in [0.15, 0.2) is 0 Å². The van der Waals surface area contributed by atoms with Crippen molar-refractivity contribution in [2.24, 2.45) is 0 Å². The molecule has 0 bridgehead atoms. The number of hydrogen-bond acceptors (Lipinski definition) is 1. The van der Waals surface area contributed by atoms with Crippen LogP contribution < -0.4 is 0 Å². The lowest BCUT2D eigenvalue weighted by molar-refractivity contribution is -0.137. The molecule has 0 saturated carbocycles. The van der Waals surface area contributed by atoms with Gasteiger partial charge in [0.25, 0.3) is 0 Å². The molecule has 0 saturated heterocycles. The number of aliphatic carboxylic acids is 1. The highest BCUT2D eigenvalue weighted by Crippen LogP contribution is 2.11. The van der Waals surface area contributed by atoms with Crippen LogP contribution in [0.2, 0.25) is 0 Å². The van der Waals surface area contributed by atoms with Crippen LogP contribution in [0.4, 0.5) is 0 Å². The Bertz CT molecular complexity index is 917. The summed E-state index contributed by atoms with van der Waals surface area (Å²) in [7, 11) is 0. The highest BCUT2D eigenvalue weighted by atomic mass is 16.4. The zero-order valence-corrected chi connectivity index (χ0v) is 28.0. The molecule has 244 valence electrons. The monoisotopic (exact) mass is 600 g/mol. The fourth-order valence-electron chi connectivity index (χ4n) is 4.32. The molecular weight excluding hydrogens is 536 g/mol. The third kappa shape index (κ3) is 38.9. The van der Waals surface area contributed by atoms with E-state index in [2.05, 4.69) is 128 Å². The standard InChI is InChI=1S/C42H64O2/c1-2-3-4-5-6-7-8-9-10-11-12-13-14-15-16-17-18-19-20-21-22-23-24-25-26-27-28-29-30-31-32-33-34-35-36-37-38-39-40-41-42(43)44/h3-4,6-7,9-10,12-13,15-16,18-19,21-22,24-25,27-28,30-31H,2,5,8,11,14,17,20,23,26,29,32-41H2,1H3,(H,43,44)/b4-3-,7-6-,10-9-,13-12-,16-15-,19-18-,22-21-,25-24-,28-27-,31-30-. The molecule has 0 rings (SSSR count). The van der Waals surface area contributed by atoms with Gasteiger partial charge in [0, 0.05) is 6.42 Å². The zero-order valence-electron chi connectivity index (χ0n) is 28.0. The third-order valence-corrected chi connectivity index (χ3v) is 6.86. The van der Waals surface area contributed by atoms with E-state index in [1.54, 1.807) is 0 Å². The summed E-state index contributed by atoms with van der Waals surface area (Å²) in [5, 5.41) is 8.63. The number of unbranched alkanes of at least 4 members (excludes halogenated alkanes) is 8. The van der Waals surface area contributed by atoms with Crippen molar-refractivity contribution in [3.8, 4) is 0 Å². The predicted molar refractivity (Wildman–Crippen MR) is 197 cm³/mol. The lowest BCUT2D eigenvalue weighted by atomic mass is 10.1. The molecule has 0 radical (unpaired) electrons. The van der Waals surface area contributed by atoms with E-state index in [9.17, 15) is 4.79 Å². The smallest absolute Gasteiger partial charge is 0.303 e. The number of allylic oxidation sites excluding steroid dienone is 20. The average Bonchev–Trinajstić information content (AvgIpc) is 3.02. The largest absolute Gasteiger partial charge is 0.481 e. The van der Waals surface area contributed by atoms with Gasteiger partial charge >= 0.3 is 5.97 Å². The van der Waals surface area contributed by atoms with Crippen molar-refractivity contribution in [1.29, 1.82) is 0 Å². The lowest BCUT2D eigenvalue weighted by Crippen LogP contribution is -1.93. The molecule has 2 nitrogen and oxygen atoms in total. The Balaban J connectivity index is 3.52. The number of carboxylic acid groups (broad SMARTS) is 1. The van der Waals surface area contributed by atoms with E-state index in [0.29, 0.717) is 6.42 Å². The molecule has 0 aliphatic heterocycles. The summed E-state index contributed by atoms with van der Waals surface area (Å²) in [5.41, 5.74) is 0. The zero-order chi connectivity index (χ0) is 31.9. The lowest BCUT2D eigenvalue weighted by Gasteiger charge is -2.00. The Hall–Kier alpha value is -3.13. The SMILES string of the molecule is CC/C=C\C/C=C\C/C=C\C/C=C\C/C=C\C/C=C\C/C=C\C/C=C\C/C=C\C/C=C\CCCCCCCCCCC(=O)O. The molecule has 0 aromatic carbocycles. The Kier molecular flexibility index (Phi) is 35.2. The van der Waals surface area contributed by atoms with Crippen LogP contribution >= 0.6 is 0 Å². The van der Waals surface area contributed by atoms with Crippen LogP contribution in [0.15, 0.2) is 122 Å². The van der Waals surface area contributed by atoms with Crippen molar-refractivity contribution in [3.05, 3.63) is 122 Å². The summed E-state index contributed by atoms with van der Waals surface area (Å²) < 4.78 is 0. The van der Waals surface area contributed by atoms with Crippen LogP contribution in [0.25, 0.3) is 0 Å². The predicted octanol–water partition coefficient (Wildman–Crippen LogP) is 13.5. The molecule has 0 atom stereocenters. The summed E-state index contributed by atoms with van der Waals surface area (Å²) in [6.07, 6.45) is 66.1. The normalized spacial score (nSPS) is 13.3. The van der Waals surface area contributed by atoms with E-state index >= 15 is 0 Å². The summed E-state index contributed by atoms with van der Waals surface area (Å²) in [5.74, 6) is -0.669. The second kappa shape index (κ2) is 37.9. The van der Waals surface area contributed by atoms with Gasteiger partial charge in [-0.25, -0.2) is 0 Å². The van der Waals surface area contributed by atoms with Crippen molar-refractivity contribution in [3.63, 3.8) is 0 Å². The van der Waals surface area contributed by atoms with Gasteiger partial charge in [-0.15, -0.1) is 0 Å². The van der Waals surface area contributed by atoms with Crippen molar-refractivity contribution in [2.75, 3.05) is 0 Å². The van der Waals surface area contributed by atoms with Gasteiger partial charge in [0.05, 0.1) is 0 Å². The van der Waals surface area contributed by atoms with Crippen LogP contribution in [0.1, 0.15) is 135 Å². The van der Waals surface area contributed by atoms with E-state index in [1.807, 2.05) is 0 Å². The maximum Gasteiger partial charge on any atom is 0.303 e. The molecule has 0 fully saturated rings. The van der Waals surface area contributed by atoms with Gasteiger partial charge in [-0.2, -0.15) is 0 Å². The molecule has 1 N–H and O–H groups in total. The summed E-state index contributed by atoms with van der Waals surface area (Å²) in [4.78, 5) is 10.5. The quantitative estimate of drug-likeness (QED) is 0.0657. The molecule has 2 heteroatoms. The fraction of sp³-hybridized carbons (Fsp3) is 0.500. The summed E-state index contributed by atoms with van der Waals surface area (Å²) >= 11 is 0. The van der Waals surface area contributed by atoms with Crippen LogP contribution in [0.5, 0.6) is 0 Å². The van der Waals surface area contributed by atoms with Crippen LogP contribution in [-0.4, -0.2) is 11.1 Å². The minimum atomic E-state index is -0.669. The Labute approximate surface area is 272 Å². The minimum Gasteiger partial charge on any atom is -0.481 e. The van der Waals surface area contributed by atoms with Crippen molar-refractivity contribution in [2.45, 2.75) is 135 Å². The molecule has 0 amide bonds. The first-order valence-electron chi connectivity index (χ1n) is 17.5. The molecule has 0 spiro atoms. The molecule has 44 heavy (non-hydrogen) atoms. The van der Waals surface area contributed by atoms with Crippen molar-refractivity contribution < 1.29 is 9.90 Å². The maximum atomic E-state index is 10.5. The van der Waals surface area contributed by atoms with Gasteiger partial charge in [0.2, 0.25) is 0 Å². The minimum absolute atomic E-state index is 0.322. The van der Waals surface area contributed by atoms with Gasteiger partial charge in [-0.3, -0.25) is 4.79 Å². The Morgan fingerprint density at radius 2 is 0.614 bits per heavy atom. The molecule has 0 aromatic heterocycles. The topological polar surface area (TPSA) is 37.3 Å². The van der Waals surface area contributed by atoms with Gasteiger partial charge in [0.1, 0.15) is 0 Å². The molecular formula is C42H64O2. The number of carbonyl (C=O) groups is 1. The molecule has 0 heterocycles. The first kappa shape index (κ1) is 40.9. The Morgan fingerprint density at radius 1 is 0.364 bits per heavy atom. The van der Waals surface area contributed by atoms with Crippen molar-refractivity contribution >= 4 is 5.97 Å². The van der Waals surface area contributed by atoms with E-state index < -0.39 is 5.97 Å². The third-order valence-electron chi connectivity index (χ3n) is 6.86. The molecule has 0 aromatic rings. The molecule has 0 aliphatic rings. The number of rotatable bonds is 30. The van der Waals surface area contributed by atoms with Crippen LogP contribution in [-0.2, 0) is 4.79 Å². The van der Waals surface area contributed by atoms with Gasteiger partial charge < -0.3 is 5.11 Å². The van der Waals surface area contributed by atoms with E-state index in [-0.39, 0.29) is 0 Å². The molecule has 0 unspecified atom stereocenters. The summed E-state index contributed by atoms with van der Waals surface area (Å²) in [6, 6.07) is 0. The van der Waals surface area contributed by atoms with Crippen molar-refractivity contribution in [1.82, 2.24) is 0 Å². The number of hydrogen-bond donors (Lipinski definition) is 1. The highest BCUT2D eigenvalue weighted by molar-refractivity contribution is 5.66. The first-order valence-corrected chi connectivity index (χ1v) is 17.5. The van der Waals surface area contributed by atoms with E-state index in [0.717, 1.165) is 77.0 Å².